The van der Waals surface area contributed by atoms with Crippen LogP contribution in [-0.4, -0.2) is 66.8 Å². The predicted octanol–water partition coefficient (Wildman–Crippen LogP) is 1.24. The molecule has 1 fully saturated rings. The molecule has 1 N–H and O–H groups in total. The minimum Gasteiger partial charge on any atom is -0.449 e. The van der Waals surface area contributed by atoms with Gasteiger partial charge in [0.2, 0.25) is 10.0 Å². The molecule has 1 unspecified atom stereocenters. The second-order valence-electron chi connectivity index (χ2n) is 7.30. The van der Waals surface area contributed by atoms with E-state index in [9.17, 15) is 18.0 Å². The molecular formula is C20H26N4O6S. The Morgan fingerprint density at radius 2 is 1.90 bits per heavy atom. The van der Waals surface area contributed by atoms with Crippen LogP contribution in [0.15, 0.2) is 29.3 Å². The number of nitrogens with zero attached hydrogens (tertiary/aromatic N) is 3. The van der Waals surface area contributed by atoms with Crippen molar-refractivity contribution in [1.29, 1.82) is 0 Å². The number of sulfonamides is 1. The lowest BCUT2D eigenvalue weighted by Crippen LogP contribution is -2.40. The summed E-state index contributed by atoms with van der Waals surface area (Å²) in [4.78, 5) is 24.9. The van der Waals surface area contributed by atoms with E-state index in [2.05, 4.69) is 10.4 Å². The van der Waals surface area contributed by atoms with Gasteiger partial charge < -0.3 is 14.8 Å². The number of amides is 1. The van der Waals surface area contributed by atoms with Crippen LogP contribution in [0.2, 0.25) is 0 Å². The third-order valence-corrected chi connectivity index (χ3v) is 7.19. The highest BCUT2D eigenvalue weighted by Crippen LogP contribution is 2.24. The Bertz CT molecular complexity index is 1090. The molecule has 1 aromatic carbocycles. The van der Waals surface area contributed by atoms with E-state index in [0.717, 1.165) is 0 Å². The first kappa shape index (κ1) is 22.9. The number of hydrogen-bond acceptors (Lipinski definition) is 7. The van der Waals surface area contributed by atoms with Crippen molar-refractivity contribution in [2.24, 2.45) is 7.05 Å². The first-order chi connectivity index (χ1) is 14.6. The normalized spacial score (nSPS) is 16.0. The summed E-state index contributed by atoms with van der Waals surface area (Å²) in [5, 5.41) is 6.60. The highest BCUT2D eigenvalue weighted by molar-refractivity contribution is 7.89. The molecule has 0 aliphatic carbocycles. The van der Waals surface area contributed by atoms with Crippen molar-refractivity contribution in [2.75, 3.05) is 31.6 Å². The number of aryl methyl sites for hydroxylation is 2. The molecule has 1 atom stereocenters. The van der Waals surface area contributed by atoms with Crippen molar-refractivity contribution in [3.05, 3.63) is 41.2 Å². The summed E-state index contributed by atoms with van der Waals surface area (Å²) in [6, 6.07) is 4.64. The third kappa shape index (κ3) is 4.94. The van der Waals surface area contributed by atoms with Crippen molar-refractivity contribution in [3.8, 4) is 0 Å². The maximum absolute atomic E-state index is 13.0. The van der Waals surface area contributed by atoms with Crippen LogP contribution >= 0.6 is 0 Å². The monoisotopic (exact) mass is 450 g/mol. The van der Waals surface area contributed by atoms with Crippen LogP contribution < -0.4 is 5.32 Å². The molecule has 2 aromatic rings. The molecule has 1 aliphatic heterocycles. The van der Waals surface area contributed by atoms with Crippen molar-refractivity contribution >= 4 is 27.6 Å². The van der Waals surface area contributed by atoms with Gasteiger partial charge in [-0.25, -0.2) is 13.2 Å². The number of hydrogen-bond donors (Lipinski definition) is 1. The van der Waals surface area contributed by atoms with E-state index in [1.165, 1.54) is 28.2 Å². The number of carbonyl (C=O) groups excluding carboxylic acids is 2. The number of carbonyl (C=O) groups is 2. The third-order valence-electron chi connectivity index (χ3n) is 5.15. The highest BCUT2D eigenvalue weighted by atomic mass is 32.2. The van der Waals surface area contributed by atoms with Gasteiger partial charge in [-0.15, -0.1) is 0 Å². The lowest BCUT2D eigenvalue weighted by molar-refractivity contribution is -0.123. The Hall–Kier alpha value is -2.76. The summed E-state index contributed by atoms with van der Waals surface area (Å²) in [5.41, 5.74) is 1.75. The van der Waals surface area contributed by atoms with Crippen LogP contribution in [0.4, 0.5) is 5.69 Å². The Kier molecular flexibility index (Phi) is 6.77. The largest absolute Gasteiger partial charge is 0.449 e. The minimum atomic E-state index is -3.72. The van der Waals surface area contributed by atoms with Gasteiger partial charge in [-0.2, -0.15) is 9.40 Å². The lowest BCUT2D eigenvalue weighted by atomic mass is 10.2. The van der Waals surface area contributed by atoms with E-state index < -0.39 is 28.0 Å². The number of aromatic nitrogens is 2. The van der Waals surface area contributed by atoms with Crippen LogP contribution in [0.3, 0.4) is 0 Å². The molecule has 1 aliphatic rings. The average Bonchev–Trinajstić information content (AvgIpc) is 3.08. The number of anilines is 1. The standard InChI is InChI=1S/C20H26N4O6S/c1-13-5-6-16(11-18(13)31(27,28)24-7-9-29-10-8-24)22-19(25)15(3)30-20(26)17-12-21-23(4)14(17)2/h5-6,11-12,15H,7-10H2,1-4H3,(H,22,25). The zero-order chi connectivity index (χ0) is 22.8. The van der Waals surface area contributed by atoms with Crippen molar-refractivity contribution < 1.29 is 27.5 Å². The molecule has 31 heavy (non-hydrogen) atoms. The second kappa shape index (κ2) is 9.16. The Labute approximate surface area is 181 Å². The van der Waals surface area contributed by atoms with Crippen LogP contribution in [0.25, 0.3) is 0 Å². The van der Waals surface area contributed by atoms with Gasteiger partial charge in [-0.05, 0) is 38.5 Å². The zero-order valence-electron chi connectivity index (χ0n) is 17.9. The van der Waals surface area contributed by atoms with Gasteiger partial charge >= 0.3 is 5.97 Å². The molecule has 0 bridgehead atoms. The second-order valence-corrected chi connectivity index (χ2v) is 9.21. The molecule has 0 saturated carbocycles. The van der Waals surface area contributed by atoms with Crippen molar-refractivity contribution in [3.63, 3.8) is 0 Å². The fraction of sp³-hybridized carbons (Fsp3) is 0.450. The molecule has 1 amide bonds. The molecule has 2 heterocycles. The highest BCUT2D eigenvalue weighted by Gasteiger charge is 2.28. The van der Waals surface area contributed by atoms with Gasteiger partial charge in [0.15, 0.2) is 6.10 Å². The van der Waals surface area contributed by atoms with Gasteiger partial charge in [0.25, 0.3) is 5.91 Å². The first-order valence-corrected chi connectivity index (χ1v) is 11.2. The van der Waals surface area contributed by atoms with E-state index in [1.54, 1.807) is 33.0 Å². The number of morpholine rings is 1. The van der Waals surface area contributed by atoms with Gasteiger partial charge in [-0.3, -0.25) is 9.48 Å². The summed E-state index contributed by atoms with van der Waals surface area (Å²) < 4.78 is 39.4. The number of ether oxygens (including phenoxy) is 2. The predicted molar refractivity (Wildman–Crippen MR) is 112 cm³/mol. The maximum Gasteiger partial charge on any atom is 0.342 e. The molecule has 0 spiro atoms. The van der Waals surface area contributed by atoms with Crippen molar-refractivity contribution in [2.45, 2.75) is 31.8 Å². The van der Waals surface area contributed by atoms with Crippen molar-refractivity contribution in [1.82, 2.24) is 14.1 Å². The topological polar surface area (TPSA) is 120 Å². The number of nitrogens with one attached hydrogen (secondary N) is 1. The summed E-state index contributed by atoms with van der Waals surface area (Å²) in [7, 11) is -2.02. The molecular weight excluding hydrogens is 424 g/mol. The van der Waals surface area contributed by atoms with Crippen LogP contribution in [0.1, 0.15) is 28.5 Å². The lowest BCUT2D eigenvalue weighted by Gasteiger charge is -2.27. The van der Waals surface area contributed by atoms with Crippen LogP contribution in [-0.2, 0) is 31.3 Å². The van der Waals surface area contributed by atoms with Crippen LogP contribution in [0, 0.1) is 13.8 Å². The van der Waals surface area contributed by atoms with E-state index in [0.29, 0.717) is 30.2 Å². The zero-order valence-corrected chi connectivity index (χ0v) is 18.7. The quantitative estimate of drug-likeness (QED) is 0.658. The summed E-state index contributed by atoms with van der Waals surface area (Å²) >= 11 is 0. The SMILES string of the molecule is Cc1ccc(NC(=O)C(C)OC(=O)c2cnn(C)c2C)cc1S(=O)(=O)N1CCOCC1. The number of benzene rings is 1. The molecule has 3 rings (SSSR count). The van der Waals surface area contributed by atoms with E-state index in [-0.39, 0.29) is 23.5 Å². The number of esters is 1. The first-order valence-electron chi connectivity index (χ1n) is 9.80. The summed E-state index contributed by atoms with van der Waals surface area (Å²) in [6.07, 6.45) is 0.290. The molecule has 1 saturated heterocycles. The van der Waals surface area contributed by atoms with E-state index in [4.69, 9.17) is 9.47 Å². The summed E-state index contributed by atoms with van der Waals surface area (Å²) in [5.74, 6) is -1.23. The average molecular weight is 451 g/mol. The molecule has 10 nitrogen and oxygen atoms in total. The van der Waals surface area contributed by atoms with Gasteiger partial charge in [-0.1, -0.05) is 6.07 Å². The Morgan fingerprint density at radius 3 is 2.52 bits per heavy atom. The smallest absolute Gasteiger partial charge is 0.342 e. The summed E-state index contributed by atoms with van der Waals surface area (Å²) in [6.45, 7) is 6.09. The van der Waals surface area contributed by atoms with Gasteiger partial charge in [0, 0.05) is 31.5 Å². The van der Waals surface area contributed by atoms with Crippen LogP contribution in [0.5, 0.6) is 0 Å². The number of rotatable bonds is 6. The molecule has 1 aromatic heterocycles. The van der Waals surface area contributed by atoms with E-state index in [1.807, 2.05) is 0 Å². The maximum atomic E-state index is 13.0. The Morgan fingerprint density at radius 1 is 1.23 bits per heavy atom. The molecule has 168 valence electrons. The minimum absolute atomic E-state index is 0.114. The Balaban J connectivity index is 1.72. The molecule has 11 heteroatoms. The van der Waals surface area contributed by atoms with Gasteiger partial charge in [0.05, 0.1) is 24.3 Å². The fourth-order valence-corrected chi connectivity index (χ4v) is 4.76. The molecule has 0 radical (unpaired) electrons. The van der Waals surface area contributed by atoms with E-state index >= 15 is 0 Å². The fourth-order valence-electron chi connectivity index (χ4n) is 3.10. The van der Waals surface area contributed by atoms with Gasteiger partial charge in [0.1, 0.15) is 5.56 Å².